The van der Waals surface area contributed by atoms with Gasteiger partial charge in [0.05, 0.1) is 17.8 Å². The third-order valence-electron chi connectivity index (χ3n) is 6.89. The second-order valence-electron chi connectivity index (χ2n) is 9.20. The molecule has 0 aliphatic heterocycles. The van der Waals surface area contributed by atoms with Gasteiger partial charge < -0.3 is 15.3 Å². The average molecular weight is 451 g/mol. The molecule has 0 aliphatic rings. The van der Waals surface area contributed by atoms with E-state index in [1.165, 1.54) is 22.3 Å². The van der Waals surface area contributed by atoms with Crippen molar-refractivity contribution < 1.29 is 15.3 Å². The lowest BCUT2D eigenvalue weighted by atomic mass is 9.92. The Morgan fingerprint density at radius 2 is 1.55 bits per heavy atom. The molecular formula is C30H42O3. The minimum Gasteiger partial charge on any atom is -0.393 e. The van der Waals surface area contributed by atoms with Crippen LogP contribution in [-0.2, 0) is 12.8 Å². The molecule has 0 heterocycles. The first-order chi connectivity index (χ1) is 15.7. The molecule has 0 aliphatic carbocycles. The lowest BCUT2D eigenvalue weighted by molar-refractivity contribution is 0.0307. The molecular weight excluding hydrogens is 408 g/mol. The van der Waals surface area contributed by atoms with Gasteiger partial charge in [0.2, 0.25) is 0 Å². The zero-order chi connectivity index (χ0) is 24.4. The molecule has 0 amide bonds. The summed E-state index contributed by atoms with van der Waals surface area (Å²) in [6.45, 7) is 9.74. The van der Waals surface area contributed by atoms with Crippen molar-refractivity contribution in [2.45, 2.75) is 84.5 Å². The van der Waals surface area contributed by atoms with Crippen LogP contribution in [0.25, 0.3) is 5.57 Å². The number of hydrogen-bond acceptors (Lipinski definition) is 3. The van der Waals surface area contributed by atoms with Crippen LogP contribution in [0.5, 0.6) is 0 Å². The van der Waals surface area contributed by atoms with Gasteiger partial charge in [0, 0.05) is 5.92 Å². The second kappa shape index (κ2) is 12.9. The summed E-state index contributed by atoms with van der Waals surface area (Å²) >= 11 is 0. The number of allylic oxidation sites excluding steroid dienone is 3. The predicted octanol–water partition coefficient (Wildman–Crippen LogP) is 6.42. The van der Waals surface area contributed by atoms with Gasteiger partial charge in [0.25, 0.3) is 0 Å². The van der Waals surface area contributed by atoms with E-state index in [1.54, 1.807) is 6.92 Å². The number of rotatable bonds is 12. The van der Waals surface area contributed by atoms with Crippen LogP contribution in [0.3, 0.4) is 0 Å². The van der Waals surface area contributed by atoms with Crippen molar-refractivity contribution in [3.63, 3.8) is 0 Å². The Kier molecular flexibility index (Phi) is 10.6. The van der Waals surface area contributed by atoms with Crippen molar-refractivity contribution in [3.05, 3.63) is 89.0 Å². The number of hydrogen-bond donors (Lipinski definition) is 3. The molecule has 3 unspecified atom stereocenters. The molecule has 0 saturated heterocycles. The molecule has 3 atom stereocenters. The van der Waals surface area contributed by atoms with E-state index in [4.69, 9.17) is 0 Å². The summed E-state index contributed by atoms with van der Waals surface area (Å²) in [6.07, 6.45) is 9.04. The van der Waals surface area contributed by atoms with Crippen LogP contribution >= 0.6 is 0 Å². The molecule has 0 bridgehead atoms. The van der Waals surface area contributed by atoms with E-state index >= 15 is 0 Å². The van der Waals surface area contributed by atoms with E-state index in [9.17, 15) is 15.3 Å². The molecule has 3 heteroatoms. The van der Waals surface area contributed by atoms with Gasteiger partial charge in [-0.15, -0.1) is 0 Å². The Labute approximate surface area is 200 Å². The highest BCUT2D eigenvalue weighted by atomic mass is 16.3. The first-order valence-electron chi connectivity index (χ1n) is 12.4. The smallest absolute Gasteiger partial charge is 0.0840 e. The summed E-state index contributed by atoms with van der Waals surface area (Å²) < 4.78 is 0. The average Bonchev–Trinajstić information content (AvgIpc) is 2.84. The van der Waals surface area contributed by atoms with Gasteiger partial charge in [-0.05, 0) is 66.9 Å². The Bertz CT molecular complexity index is 904. The van der Waals surface area contributed by atoms with Crippen molar-refractivity contribution >= 4 is 5.57 Å². The quantitative estimate of drug-likeness (QED) is 0.327. The third kappa shape index (κ3) is 7.96. The SMILES string of the molecule is CC/C(=C\C=C\C(O)(CC)CC)c1cccc(CCc2ccc(C(O)C(C)C(C)O)cc2)c1. The second-order valence-corrected chi connectivity index (χ2v) is 9.20. The third-order valence-corrected chi connectivity index (χ3v) is 6.89. The van der Waals surface area contributed by atoms with Crippen molar-refractivity contribution in [3.8, 4) is 0 Å². The van der Waals surface area contributed by atoms with Crippen LogP contribution in [-0.4, -0.2) is 27.0 Å². The monoisotopic (exact) mass is 450 g/mol. The summed E-state index contributed by atoms with van der Waals surface area (Å²) in [5, 5.41) is 30.6. The number of aliphatic hydroxyl groups excluding tert-OH is 2. The largest absolute Gasteiger partial charge is 0.393 e. The van der Waals surface area contributed by atoms with Gasteiger partial charge in [-0.3, -0.25) is 0 Å². The molecule has 2 aromatic rings. The van der Waals surface area contributed by atoms with Crippen LogP contribution in [0.4, 0.5) is 0 Å². The minimum absolute atomic E-state index is 0.202. The normalized spacial score (nSPS) is 15.6. The van der Waals surface area contributed by atoms with Gasteiger partial charge >= 0.3 is 0 Å². The van der Waals surface area contributed by atoms with E-state index in [1.807, 2.05) is 45.1 Å². The summed E-state index contributed by atoms with van der Waals surface area (Å²) in [4.78, 5) is 0. The molecule has 0 radical (unpaired) electrons. The lowest BCUT2D eigenvalue weighted by Gasteiger charge is -2.21. The van der Waals surface area contributed by atoms with E-state index in [0.717, 1.165) is 24.8 Å². The number of aryl methyl sites for hydroxylation is 2. The molecule has 0 fully saturated rings. The molecule has 3 nitrogen and oxygen atoms in total. The fourth-order valence-corrected chi connectivity index (χ4v) is 3.91. The first-order valence-corrected chi connectivity index (χ1v) is 12.4. The van der Waals surface area contributed by atoms with Crippen molar-refractivity contribution in [1.82, 2.24) is 0 Å². The molecule has 3 N–H and O–H groups in total. The van der Waals surface area contributed by atoms with Crippen LogP contribution in [0.1, 0.15) is 82.2 Å². The van der Waals surface area contributed by atoms with E-state index in [2.05, 4.69) is 49.4 Å². The number of benzene rings is 2. The Hall–Kier alpha value is -2.20. The lowest BCUT2D eigenvalue weighted by Crippen LogP contribution is -2.22. The van der Waals surface area contributed by atoms with Gasteiger partial charge in [-0.2, -0.15) is 0 Å². The van der Waals surface area contributed by atoms with Crippen LogP contribution in [0.15, 0.2) is 66.8 Å². The summed E-state index contributed by atoms with van der Waals surface area (Å²) in [5.74, 6) is -0.202. The first kappa shape index (κ1) is 27.0. The molecule has 0 saturated carbocycles. The topological polar surface area (TPSA) is 60.7 Å². The van der Waals surface area contributed by atoms with Crippen molar-refractivity contribution in [1.29, 1.82) is 0 Å². The van der Waals surface area contributed by atoms with Crippen LogP contribution in [0.2, 0.25) is 0 Å². The summed E-state index contributed by atoms with van der Waals surface area (Å²) in [7, 11) is 0. The summed E-state index contributed by atoms with van der Waals surface area (Å²) in [6, 6.07) is 16.8. The zero-order valence-electron chi connectivity index (χ0n) is 21.0. The summed E-state index contributed by atoms with van der Waals surface area (Å²) in [5.41, 5.74) is 5.12. The Balaban J connectivity index is 2.06. The van der Waals surface area contributed by atoms with Crippen LogP contribution < -0.4 is 0 Å². The van der Waals surface area contributed by atoms with E-state index in [-0.39, 0.29) is 5.92 Å². The predicted molar refractivity (Wildman–Crippen MR) is 139 cm³/mol. The fraction of sp³-hybridized carbons (Fsp3) is 0.467. The van der Waals surface area contributed by atoms with Gasteiger partial charge in [0.15, 0.2) is 0 Å². The number of aliphatic hydroxyl groups is 3. The maximum absolute atomic E-state index is 10.5. The van der Waals surface area contributed by atoms with Crippen LogP contribution in [0, 0.1) is 5.92 Å². The Morgan fingerprint density at radius 3 is 2.12 bits per heavy atom. The van der Waals surface area contributed by atoms with Gasteiger partial charge in [-0.1, -0.05) is 94.5 Å². The van der Waals surface area contributed by atoms with E-state index in [0.29, 0.717) is 12.8 Å². The van der Waals surface area contributed by atoms with Gasteiger partial charge in [-0.25, -0.2) is 0 Å². The minimum atomic E-state index is -0.725. The Morgan fingerprint density at radius 1 is 0.909 bits per heavy atom. The molecule has 33 heavy (non-hydrogen) atoms. The van der Waals surface area contributed by atoms with Gasteiger partial charge in [0.1, 0.15) is 0 Å². The highest BCUT2D eigenvalue weighted by Crippen LogP contribution is 2.25. The van der Waals surface area contributed by atoms with Crippen molar-refractivity contribution in [2.75, 3.05) is 0 Å². The van der Waals surface area contributed by atoms with E-state index < -0.39 is 17.8 Å². The molecule has 0 spiro atoms. The molecule has 2 rings (SSSR count). The highest BCUT2D eigenvalue weighted by Gasteiger charge is 2.20. The fourth-order valence-electron chi connectivity index (χ4n) is 3.91. The maximum Gasteiger partial charge on any atom is 0.0840 e. The van der Waals surface area contributed by atoms with Crippen molar-refractivity contribution in [2.24, 2.45) is 5.92 Å². The zero-order valence-corrected chi connectivity index (χ0v) is 21.0. The highest BCUT2D eigenvalue weighted by molar-refractivity contribution is 5.67. The molecule has 0 aromatic heterocycles. The molecule has 2 aromatic carbocycles. The maximum atomic E-state index is 10.5. The standard InChI is InChI=1S/C30H42O3/c1-6-26(13-10-20-30(33,7-2)8-3)28-12-9-11-25(21-28)15-14-24-16-18-27(19-17-24)29(32)22(4)23(5)31/h9-13,16-23,29,31-33H,6-8,14-15H2,1-5H3/b20-10+,26-13+. The molecule has 180 valence electrons.